The Morgan fingerprint density at radius 3 is 2.67 bits per heavy atom. The molecule has 0 aromatic carbocycles. The van der Waals surface area contributed by atoms with Crippen LogP contribution in [0.5, 0.6) is 0 Å². The Kier molecular flexibility index (Phi) is 4.04. The summed E-state index contributed by atoms with van der Waals surface area (Å²) in [4.78, 5) is 2.77. The number of nitrogens with zero attached hydrogens (tertiary/aromatic N) is 1. The van der Waals surface area contributed by atoms with E-state index in [0.29, 0.717) is 0 Å². The topological polar surface area (TPSA) is 15.3 Å². The van der Waals surface area contributed by atoms with Crippen molar-refractivity contribution in [2.24, 2.45) is 5.92 Å². The summed E-state index contributed by atoms with van der Waals surface area (Å²) in [6.07, 6.45) is 7.00. The summed E-state index contributed by atoms with van der Waals surface area (Å²) in [5, 5.41) is 3.58. The highest BCUT2D eigenvalue weighted by atomic mass is 15.2. The molecular formula is C13H26N2. The first-order valence-electron chi connectivity index (χ1n) is 6.79. The zero-order valence-corrected chi connectivity index (χ0v) is 10.3. The van der Waals surface area contributed by atoms with Crippen molar-refractivity contribution in [1.82, 2.24) is 10.2 Å². The van der Waals surface area contributed by atoms with Gasteiger partial charge in [-0.25, -0.2) is 0 Å². The highest BCUT2D eigenvalue weighted by Gasteiger charge is 2.38. The number of hydrogen-bond acceptors (Lipinski definition) is 2. The maximum Gasteiger partial charge on any atom is 0.0139 e. The first kappa shape index (κ1) is 11.4. The van der Waals surface area contributed by atoms with E-state index in [-0.39, 0.29) is 0 Å². The van der Waals surface area contributed by atoms with Gasteiger partial charge in [0.1, 0.15) is 0 Å². The summed E-state index contributed by atoms with van der Waals surface area (Å²) in [6, 6.07) is 1.76. The predicted molar refractivity (Wildman–Crippen MR) is 65.1 cm³/mol. The first-order chi connectivity index (χ1) is 7.33. The summed E-state index contributed by atoms with van der Waals surface area (Å²) >= 11 is 0. The monoisotopic (exact) mass is 210 g/mol. The van der Waals surface area contributed by atoms with E-state index in [4.69, 9.17) is 0 Å². The van der Waals surface area contributed by atoms with Crippen LogP contribution in [-0.4, -0.2) is 36.6 Å². The minimum Gasteiger partial charge on any atom is -0.316 e. The van der Waals surface area contributed by atoms with Crippen molar-refractivity contribution in [3.05, 3.63) is 0 Å². The van der Waals surface area contributed by atoms with Crippen LogP contribution < -0.4 is 5.32 Å². The Labute approximate surface area is 94.4 Å². The van der Waals surface area contributed by atoms with Crippen LogP contribution >= 0.6 is 0 Å². The molecule has 1 aliphatic heterocycles. The van der Waals surface area contributed by atoms with Gasteiger partial charge in [0.05, 0.1) is 0 Å². The average molecular weight is 210 g/mol. The second-order valence-electron chi connectivity index (χ2n) is 5.34. The van der Waals surface area contributed by atoms with Gasteiger partial charge >= 0.3 is 0 Å². The first-order valence-corrected chi connectivity index (χ1v) is 6.79. The van der Waals surface area contributed by atoms with Crippen LogP contribution in [0, 0.1) is 5.92 Å². The van der Waals surface area contributed by atoms with Crippen LogP contribution in [-0.2, 0) is 0 Å². The van der Waals surface area contributed by atoms with Crippen LogP contribution in [0.1, 0.15) is 46.0 Å². The van der Waals surface area contributed by atoms with Gasteiger partial charge in [-0.1, -0.05) is 6.92 Å². The van der Waals surface area contributed by atoms with Crippen molar-refractivity contribution in [3.8, 4) is 0 Å². The van der Waals surface area contributed by atoms with Crippen molar-refractivity contribution in [3.63, 3.8) is 0 Å². The largest absolute Gasteiger partial charge is 0.316 e. The fraction of sp³-hybridized carbons (Fsp3) is 1.00. The van der Waals surface area contributed by atoms with Gasteiger partial charge in [-0.3, -0.25) is 4.90 Å². The third kappa shape index (κ3) is 2.54. The van der Waals surface area contributed by atoms with Gasteiger partial charge in [-0.2, -0.15) is 0 Å². The van der Waals surface area contributed by atoms with E-state index in [2.05, 4.69) is 24.1 Å². The summed E-state index contributed by atoms with van der Waals surface area (Å²) in [5.74, 6) is 0.942. The standard InChI is InChI=1S/C13H26N2/c1-3-8-14-10-12-6-7-13(12)15-9-4-5-11(15)2/h11-14H,3-10H2,1-2H3. The quantitative estimate of drug-likeness (QED) is 0.700. The fourth-order valence-corrected chi connectivity index (χ4v) is 3.14. The fourth-order valence-electron chi connectivity index (χ4n) is 3.14. The summed E-state index contributed by atoms with van der Waals surface area (Å²) in [7, 11) is 0. The highest BCUT2D eigenvalue weighted by Crippen LogP contribution is 2.35. The molecule has 2 aliphatic rings. The van der Waals surface area contributed by atoms with E-state index in [0.717, 1.165) is 18.0 Å². The third-order valence-electron chi connectivity index (χ3n) is 4.24. The van der Waals surface area contributed by atoms with E-state index in [1.807, 2.05) is 0 Å². The zero-order valence-electron chi connectivity index (χ0n) is 10.3. The molecule has 0 aromatic heterocycles. The summed E-state index contributed by atoms with van der Waals surface area (Å²) < 4.78 is 0. The molecule has 2 heteroatoms. The van der Waals surface area contributed by atoms with E-state index < -0.39 is 0 Å². The molecule has 0 aromatic rings. The van der Waals surface area contributed by atoms with Crippen molar-refractivity contribution in [2.75, 3.05) is 19.6 Å². The predicted octanol–water partition coefficient (Wildman–Crippen LogP) is 2.25. The number of hydrogen-bond donors (Lipinski definition) is 1. The molecule has 0 radical (unpaired) electrons. The normalized spacial score (nSPS) is 36.8. The maximum atomic E-state index is 3.58. The van der Waals surface area contributed by atoms with E-state index in [1.165, 1.54) is 51.7 Å². The van der Waals surface area contributed by atoms with Gasteiger partial charge in [-0.05, 0) is 64.6 Å². The van der Waals surface area contributed by atoms with Crippen LogP contribution in [0.3, 0.4) is 0 Å². The Morgan fingerprint density at radius 1 is 1.27 bits per heavy atom. The molecule has 3 unspecified atom stereocenters. The van der Waals surface area contributed by atoms with Gasteiger partial charge < -0.3 is 5.32 Å². The van der Waals surface area contributed by atoms with Gasteiger partial charge in [0.25, 0.3) is 0 Å². The molecule has 1 heterocycles. The minimum absolute atomic E-state index is 0.851. The molecule has 0 amide bonds. The van der Waals surface area contributed by atoms with E-state index in [1.54, 1.807) is 0 Å². The number of rotatable bonds is 5. The third-order valence-corrected chi connectivity index (χ3v) is 4.24. The maximum absolute atomic E-state index is 3.58. The SMILES string of the molecule is CCCNCC1CCC1N1CCCC1C. The molecule has 88 valence electrons. The van der Waals surface area contributed by atoms with Gasteiger partial charge in [0.2, 0.25) is 0 Å². The van der Waals surface area contributed by atoms with E-state index >= 15 is 0 Å². The molecule has 1 saturated heterocycles. The van der Waals surface area contributed by atoms with Crippen molar-refractivity contribution in [2.45, 2.75) is 58.0 Å². The number of likely N-dealkylation sites (tertiary alicyclic amines) is 1. The van der Waals surface area contributed by atoms with Crippen molar-refractivity contribution >= 4 is 0 Å². The molecule has 0 spiro atoms. The Hall–Kier alpha value is -0.0800. The molecule has 0 bridgehead atoms. The Balaban J connectivity index is 1.73. The van der Waals surface area contributed by atoms with Crippen LogP contribution in [0.2, 0.25) is 0 Å². The molecule has 1 saturated carbocycles. The van der Waals surface area contributed by atoms with Crippen molar-refractivity contribution in [1.29, 1.82) is 0 Å². The van der Waals surface area contributed by atoms with E-state index in [9.17, 15) is 0 Å². The van der Waals surface area contributed by atoms with Crippen LogP contribution in [0.25, 0.3) is 0 Å². The molecule has 2 nitrogen and oxygen atoms in total. The highest BCUT2D eigenvalue weighted by molar-refractivity contribution is 4.93. The van der Waals surface area contributed by atoms with Gasteiger partial charge in [0, 0.05) is 12.1 Å². The van der Waals surface area contributed by atoms with Gasteiger partial charge in [-0.15, -0.1) is 0 Å². The zero-order chi connectivity index (χ0) is 10.7. The lowest BCUT2D eigenvalue weighted by Gasteiger charge is -2.45. The Morgan fingerprint density at radius 2 is 2.13 bits per heavy atom. The molecule has 15 heavy (non-hydrogen) atoms. The second-order valence-corrected chi connectivity index (χ2v) is 5.34. The molecule has 3 atom stereocenters. The minimum atomic E-state index is 0.851. The molecule has 2 rings (SSSR count). The second kappa shape index (κ2) is 5.31. The molecule has 1 N–H and O–H groups in total. The summed E-state index contributed by atoms with van der Waals surface area (Å²) in [6.45, 7) is 8.45. The molecule has 2 fully saturated rings. The lowest BCUT2D eigenvalue weighted by Crippen LogP contribution is -2.51. The summed E-state index contributed by atoms with van der Waals surface area (Å²) in [5.41, 5.74) is 0. The lowest BCUT2D eigenvalue weighted by molar-refractivity contribution is 0.0570. The Bertz CT molecular complexity index is 193. The molecular weight excluding hydrogens is 184 g/mol. The van der Waals surface area contributed by atoms with Crippen molar-refractivity contribution < 1.29 is 0 Å². The number of nitrogens with one attached hydrogen (secondary N) is 1. The lowest BCUT2D eigenvalue weighted by atomic mass is 9.78. The molecule has 1 aliphatic carbocycles. The van der Waals surface area contributed by atoms with Crippen LogP contribution in [0.15, 0.2) is 0 Å². The van der Waals surface area contributed by atoms with Crippen LogP contribution in [0.4, 0.5) is 0 Å². The van der Waals surface area contributed by atoms with Gasteiger partial charge in [0.15, 0.2) is 0 Å². The average Bonchev–Trinajstić information content (AvgIpc) is 2.58. The smallest absolute Gasteiger partial charge is 0.0139 e.